The highest BCUT2D eigenvalue weighted by Gasteiger charge is 2.14. The molecule has 0 aliphatic rings. The zero-order valence-corrected chi connectivity index (χ0v) is 14.5. The molecule has 1 amide bonds. The van der Waals surface area contributed by atoms with Crippen LogP contribution in [0, 0.1) is 0 Å². The van der Waals surface area contributed by atoms with Crippen molar-refractivity contribution in [3.8, 4) is 11.1 Å². The van der Waals surface area contributed by atoms with Crippen LogP contribution in [0.3, 0.4) is 0 Å². The van der Waals surface area contributed by atoms with E-state index in [4.69, 9.17) is 0 Å². The van der Waals surface area contributed by atoms with Crippen molar-refractivity contribution in [3.05, 3.63) is 66.7 Å². The number of nitrogens with one attached hydrogen (secondary N) is 3. The first-order chi connectivity index (χ1) is 13.2. The number of aromatic amines is 2. The van der Waals surface area contributed by atoms with Crippen molar-refractivity contribution in [2.75, 3.05) is 5.32 Å². The fourth-order valence-corrected chi connectivity index (χ4v) is 3.37. The van der Waals surface area contributed by atoms with E-state index in [0.29, 0.717) is 11.4 Å². The summed E-state index contributed by atoms with van der Waals surface area (Å²) in [7, 11) is 1.78. The molecule has 0 aliphatic heterocycles. The van der Waals surface area contributed by atoms with Crippen LogP contribution in [0.25, 0.3) is 32.9 Å². The number of fused-ring (bicyclic) bond motifs is 2. The molecule has 3 aromatic heterocycles. The SMILES string of the molecule is Cn1ccc(C(=O)Nc2cc(-c3cccc4[nH]ccc34)cc3[nH]ncc23)n1. The fraction of sp³-hybridized carbons (Fsp3) is 0.0500. The second-order valence-electron chi connectivity index (χ2n) is 6.43. The molecule has 132 valence electrons. The average molecular weight is 356 g/mol. The summed E-state index contributed by atoms with van der Waals surface area (Å²) in [5, 5.41) is 16.2. The summed E-state index contributed by atoms with van der Waals surface area (Å²) >= 11 is 0. The van der Waals surface area contributed by atoms with Crippen molar-refractivity contribution in [1.82, 2.24) is 25.0 Å². The minimum atomic E-state index is -0.255. The van der Waals surface area contributed by atoms with Gasteiger partial charge >= 0.3 is 0 Å². The molecule has 3 heterocycles. The Morgan fingerprint density at radius 2 is 2.04 bits per heavy atom. The van der Waals surface area contributed by atoms with Gasteiger partial charge in [-0.2, -0.15) is 10.2 Å². The van der Waals surface area contributed by atoms with E-state index in [0.717, 1.165) is 32.9 Å². The second-order valence-corrected chi connectivity index (χ2v) is 6.43. The first-order valence-electron chi connectivity index (χ1n) is 8.54. The fourth-order valence-electron chi connectivity index (χ4n) is 3.37. The molecule has 0 saturated heterocycles. The van der Waals surface area contributed by atoms with Gasteiger partial charge in [-0.15, -0.1) is 0 Å². The molecule has 0 spiro atoms. The number of benzene rings is 2. The lowest BCUT2D eigenvalue weighted by molar-refractivity contribution is 0.102. The molecule has 3 N–H and O–H groups in total. The Morgan fingerprint density at radius 3 is 2.89 bits per heavy atom. The molecule has 2 aromatic carbocycles. The van der Waals surface area contributed by atoms with Crippen LogP contribution in [0.2, 0.25) is 0 Å². The van der Waals surface area contributed by atoms with Gasteiger partial charge in [0.1, 0.15) is 0 Å². The lowest BCUT2D eigenvalue weighted by atomic mass is 9.99. The number of nitrogens with zero attached hydrogens (tertiary/aromatic N) is 3. The smallest absolute Gasteiger partial charge is 0.276 e. The van der Waals surface area contributed by atoms with Crippen molar-refractivity contribution < 1.29 is 4.79 Å². The number of rotatable bonds is 3. The Kier molecular flexibility index (Phi) is 3.33. The number of H-pyrrole nitrogens is 2. The minimum absolute atomic E-state index is 0.255. The summed E-state index contributed by atoms with van der Waals surface area (Å²) in [6.45, 7) is 0. The van der Waals surface area contributed by atoms with E-state index in [2.05, 4.69) is 31.7 Å². The van der Waals surface area contributed by atoms with Gasteiger partial charge < -0.3 is 10.3 Å². The van der Waals surface area contributed by atoms with Gasteiger partial charge in [0.2, 0.25) is 0 Å². The lowest BCUT2D eigenvalue weighted by Crippen LogP contribution is -2.13. The Labute approximate surface area is 154 Å². The summed E-state index contributed by atoms with van der Waals surface area (Å²) in [6, 6.07) is 13.9. The summed E-state index contributed by atoms with van der Waals surface area (Å²) in [6.07, 6.45) is 5.38. The summed E-state index contributed by atoms with van der Waals surface area (Å²) in [4.78, 5) is 15.8. The minimum Gasteiger partial charge on any atom is -0.361 e. The van der Waals surface area contributed by atoms with Gasteiger partial charge in [0.05, 0.1) is 17.4 Å². The topological polar surface area (TPSA) is 91.4 Å². The zero-order valence-electron chi connectivity index (χ0n) is 14.5. The third kappa shape index (κ3) is 2.56. The molecule has 27 heavy (non-hydrogen) atoms. The number of hydrogen-bond acceptors (Lipinski definition) is 3. The maximum Gasteiger partial charge on any atom is 0.276 e. The number of aromatic nitrogens is 5. The molecule has 0 saturated carbocycles. The molecule has 0 radical (unpaired) electrons. The molecule has 7 nitrogen and oxygen atoms in total. The number of amides is 1. The molecule has 5 aromatic rings. The highest BCUT2D eigenvalue weighted by atomic mass is 16.1. The first kappa shape index (κ1) is 15.4. The number of hydrogen-bond donors (Lipinski definition) is 3. The van der Waals surface area contributed by atoms with Crippen LogP contribution < -0.4 is 5.32 Å². The zero-order chi connectivity index (χ0) is 18.4. The predicted octanol–water partition coefficient (Wildman–Crippen LogP) is 3.70. The number of aryl methyl sites for hydroxylation is 1. The summed E-state index contributed by atoms with van der Waals surface area (Å²) in [5.41, 5.74) is 5.06. The maximum absolute atomic E-state index is 12.6. The van der Waals surface area contributed by atoms with E-state index in [1.807, 2.05) is 36.5 Å². The van der Waals surface area contributed by atoms with Gasteiger partial charge in [0.15, 0.2) is 5.69 Å². The first-order valence-corrected chi connectivity index (χ1v) is 8.54. The Bertz CT molecular complexity index is 1290. The van der Waals surface area contributed by atoms with Gasteiger partial charge in [-0.05, 0) is 41.5 Å². The summed E-state index contributed by atoms with van der Waals surface area (Å²) in [5.74, 6) is -0.255. The van der Waals surface area contributed by atoms with Crippen LogP contribution in [0.1, 0.15) is 10.5 Å². The van der Waals surface area contributed by atoms with Crippen LogP contribution in [0.15, 0.2) is 61.1 Å². The van der Waals surface area contributed by atoms with E-state index in [1.54, 1.807) is 30.2 Å². The Morgan fingerprint density at radius 1 is 1.11 bits per heavy atom. The molecule has 0 fully saturated rings. The molecule has 0 unspecified atom stereocenters. The standard InChI is InChI=1S/C20H16N6O/c1-26-8-6-17(25-26)20(27)23-18-9-12(10-19-15(18)11-22-24-19)13-3-2-4-16-14(13)5-7-21-16/h2-11,21H,1H3,(H,22,24)(H,23,27). The molecule has 0 bridgehead atoms. The summed E-state index contributed by atoms with van der Waals surface area (Å²) < 4.78 is 1.60. The van der Waals surface area contributed by atoms with E-state index >= 15 is 0 Å². The van der Waals surface area contributed by atoms with Crippen molar-refractivity contribution >= 4 is 33.4 Å². The van der Waals surface area contributed by atoms with Crippen molar-refractivity contribution in [3.63, 3.8) is 0 Å². The quantitative estimate of drug-likeness (QED) is 0.460. The molecular weight excluding hydrogens is 340 g/mol. The van der Waals surface area contributed by atoms with Crippen LogP contribution >= 0.6 is 0 Å². The van der Waals surface area contributed by atoms with Crippen LogP contribution in [0.5, 0.6) is 0 Å². The maximum atomic E-state index is 12.6. The number of carbonyl (C=O) groups excluding carboxylic acids is 1. The molecule has 0 aliphatic carbocycles. The second kappa shape index (κ2) is 5.84. The van der Waals surface area contributed by atoms with E-state index in [1.165, 1.54) is 0 Å². The van der Waals surface area contributed by atoms with Gasteiger partial charge in [-0.3, -0.25) is 14.6 Å². The van der Waals surface area contributed by atoms with E-state index in [9.17, 15) is 4.79 Å². The third-order valence-electron chi connectivity index (χ3n) is 4.66. The normalized spacial score (nSPS) is 11.3. The third-order valence-corrected chi connectivity index (χ3v) is 4.66. The monoisotopic (exact) mass is 356 g/mol. The van der Waals surface area contributed by atoms with Gasteiger partial charge in [-0.1, -0.05) is 12.1 Å². The van der Waals surface area contributed by atoms with Gasteiger partial charge in [-0.25, -0.2) is 0 Å². The van der Waals surface area contributed by atoms with Crippen LogP contribution in [0.4, 0.5) is 5.69 Å². The number of anilines is 1. The van der Waals surface area contributed by atoms with Crippen molar-refractivity contribution in [1.29, 1.82) is 0 Å². The van der Waals surface area contributed by atoms with Gasteiger partial charge in [0, 0.05) is 35.7 Å². The highest BCUT2D eigenvalue weighted by molar-refractivity contribution is 6.09. The molecule has 5 rings (SSSR count). The lowest BCUT2D eigenvalue weighted by Gasteiger charge is -2.10. The van der Waals surface area contributed by atoms with E-state index in [-0.39, 0.29) is 5.91 Å². The van der Waals surface area contributed by atoms with Crippen molar-refractivity contribution in [2.45, 2.75) is 0 Å². The molecule has 0 atom stereocenters. The number of carbonyl (C=O) groups is 1. The van der Waals surface area contributed by atoms with Crippen molar-refractivity contribution in [2.24, 2.45) is 7.05 Å². The highest BCUT2D eigenvalue weighted by Crippen LogP contribution is 2.34. The Balaban J connectivity index is 1.63. The largest absolute Gasteiger partial charge is 0.361 e. The van der Waals surface area contributed by atoms with E-state index < -0.39 is 0 Å². The van der Waals surface area contributed by atoms with Gasteiger partial charge in [0.25, 0.3) is 5.91 Å². The molecule has 7 heteroatoms. The van der Waals surface area contributed by atoms with Crippen LogP contribution in [-0.4, -0.2) is 30.9 Å². The molecular formula is C20H16N6O. The predicted molar refractivity (Wildman–Crippen MR) is 105 cm³/mol. The average Bonchev–Trinajstić information content (AvgIpc) is 3.41. The Hall–Kier alpha value is -3.87. The van der Waals surface area contributed by atoms with Crippen LogP contribution in [-0.2, 0) is 7.05 Å².